The maximum atomic E-state index is 13.7. The Hall–Kier alpha value is -2.90. The molecule has 2 aromatic rings. The zero-order valence-corrected chi connectivity index (χ0v) is 14.7. The van der Waals surface area contributed by atoms with E-state index < -0.39 is 5.82 Å². The number of hydrogen-bond acceptors (Lipinski definition) is 4. The number of anilines is 2. The quantitative estimate of drug-likeness (QED) is 0.889. The van der Waals surface area contributed by atoms with Crippen molar-refractivity contribution in [1.29, 1.82) is 0 Å². The molecule has 1 saturated heterocycles. The van der Waals surface area contributed by atoms with Crippen LogP contribution in [0.2, 0.25) is 0 Å². The zero-order chi connectivity index (χ0) is 18.8. The average molecular weight is 360 g/mol. The van der Waals surface area contributed by atoms with Crippen molar-refractivity contribution < 1.29 is 9.18 Å². The molecule has 0 radical (unpaired) electrons. The number of rotatable bonds is 3. The summed E-state index contributed by atoms with van der Waals surface area (Å²) in [6.07, 6.45) is 1.12. The summed E-state index contributed by atoms with van der Waals surface area (Å²) >= 11 is 0. The van der Waals surface area contributed by atoms with Crippen LogP contribution in [0.25, 0.3) is 0 Å². The molecule has 0 aliphatic carbocycles. The van der Waals surface area contributed by atoms with E-state index in [1.54, 1.807) is 19.2 Å². The number of halogens is 1. The first-order chi connectivity index (χ1) is 12.4. The Labute approximate surface area is 149 Å². The van der Waals surface area contributed by atoms with Crippen LogP contribution in [0, 0.1) is 11.7 Å². The maximum absolute atomic E-state index is 13.7. The van der Waals surface area contributed by atoms with Crippen LogP contribution in [0.1, 0.15) is 12.8 Å². The van der Waals surface area contributed by atoms with Gasteiger partial charge in [0.1, 0.15) is 11.6 Å². The summed E-state index contributed by atoms with van der Waals surface area (Å²) in [5, 5.41) is 2.63. The molecule has 1 aromatic heterocycles. The van der Waals surface area contributed by atoms with E-state index in [1.807, 2.05) is 4.90 Å². The summed E-state index contributed by atoms with van der Waals surface area (Å²) in [5.74, 6) is -0.374. The van der Waals surface area contributed by atoms with Crippen LogP contribution in [0.4, 0.5) is 15.9 Å². The molecule has 26 heavy (non-hydrogen) atoms. The summed E-state index contributed by atoms with van der Waals surface area (Å²) in [6, 6.07) is 7.49. The Kier molecular flexibility index (Phi) is 4.92. The molecular formula is C18H21FN4O3. The van der Waals surface area contributed by atoms with Gasteiger partial charge < -0.3 is 10.2 Å². The van der Waals surface area contributed by atoms with Crippen LogP contribution in [0.15, 0.2) is 39.9 Å². The number of amides is 1. The lowest BCUT2D eigenvalue weighted by atomic mass is 9.95. The van der Waals surface area contributed by atoms with Crippen LogP contribution in [-0.2, 0) is 18.9 Å². The minimum Gasteiger partial charge on any atom is -0.358 e. The van der Waals surface area contributed by atoms with Gasteiger partial charge in [-0.1, -0.05) is 12.1 Å². The number of carbonyl (C=O) groups is 1. The molecule has 1 N–H and O–H groups in total. The molecule has 8 heteroatoms. The van der Waals surface area contributed by atoms with Crippen LogP contribution in [-0.4, -0.2) is 28.1 Å². The van der Waals surface area contributed by atoms with E-state index in [0.717, 1.165) is 4.57 Å². The van der Waals surface area contributed by atoms with Gasteiger partial charge in [-0.05, 0) is 25.0 Å². The Morgan fingerprint density at radius 3 is 2.42 bits per heavy atom. The highest BCUT2D eigenvalue weighted by molar-refractivity contribution is 5.92. The minimum atomic E-state index is -0.464. The summed E-state index contributed by atoms with van der Waals surface area (Å²) in [4.78, 5) is 38.3. The molecule has 0 saturated carbocycles. The third kappa shape index (κ3) is 3.40. The van der Waals surface area contributed by atoms with E-state index in [2.05, 4.69) is 5.32 Å². The molecule has 2 heterocycles. The second-order valence-electron chi connectivity index (χ2n) is 6.47. The SMILES string of the molecule is Cn1c(N2CCC(C(=O)Nc3ccccc3F)CC2)cc(=O)n(C)c1=O. The highest BCUT2D eigenvalue weighted by Gasteiger charge is 2.27. The molecule has 1 amide bonds. The number of para-hydroxylation sites is 1. The molecule has 1 aliphatic heterocycles. The Morgan fingerprint density at radius 2 is 1.77 bits per heavy atom. The first-order valence-electron chi connectivity index (χ1n) is 8.46. The first-order valence-corrected chi connectivity index (χ1v) is 8.46. The fourth-order valence-corrected chi connectivity index (χ4v) is 3.19. The Bertz CT molecular complexity index is 942. The van der Waals surface area contributed by atoms with Crippen molar-refractivity contribution in [3.8, 4) is 0 Å². The summed E-state index contributed by atoms with van der Waals surface area (Å²) < 4.78 is 16.2. The molecule has 0 spiro atoms. The molecule has 1 fully saturated rings. The number of nitrogens with one attached hydrogen (secondary N) is 1. The van der Waals surface area contributed by atoms with Gasteiger partial charge in [-0.2, -0.15) is 0 Å². The van der Waals surface area contributed by atoms with Gasteiger partial charge >= 0.3 is 5.69 Å². The molecular weight excluding hydrogens is 339 g/mol. The van der Waals surface area contributed by atoms with Gasteiger partial charge in [0, 0.05) is 39.2 Å². The highest BCUT2D eigenvalue weighted by Crippen LogP contribution is 2.23. The molecule has 138 valence electrons. The van der Waals surface area contributed by atoms with E-state index in [0.29, 0.717) is 31.7 Å². The standard InChI is InChI=1S/C18H21FN4O3/c1-21-15(11-16(24)22(2)18(21)26)23-9-7-12(8-10-23)17(25)20-14-6-4-3-5-13(14)19/h3-6,11-12H,7-10H2,1-2H3,(H,20,25). The number of nitrogens with zero attached hydrogens (tertiary/aromatic N) is 3. The summed E-state index contributed by atoms with van der Waals surface area (Å²) in [5.41, 5.74) is -0.566. The lowest BCUT2D eigenvalue weighted by molar-refractivity contribution is -0.120. The Morgan fingerprint density at radius 1 is 1.12 bits per heavy atom. The van der Waals surface area contributed by atoms with Gasteiger partial charge in [-0.3, -0.25) is 18.7 Å². The molecule has 0 bridgehead atoms. The van der Waals surface area contributed by atoms with Crippen molar-refractivity contribution in [3.63, 3.8) is 0 Å². The number of hydrogen-bond donors (Lipinski definition) is 1. The molecule has 1 aliphatic rings. The topological polar surface area (TPSA) is 76.3 Å². The third-order valence-corrected chi connectivity index (χ3v) is 4.82. The van der Waals surface area contributed by atoms with E-state index in [1.165, 1.54) is 29.8 Å². The van der Waals surface area contributed by atoms with Crippen LogP contribution < -0.4 is 21.5 Å². The van der Waals surface area contributed by atoms with Crippen LogP contribution in [0.3, 0.4) is 0 Å². The molecule has 3 rings (SSSR count). The number of aromatic nitrogens is 2. The molecule has 1 aromatic carbocycles. The van der Waals surface area contributed by atoms with Crippen molar-refractivity contribution in [2.75, 3.05) is 23.3 Å². The Balaban J connectivity index is 1.68. The average Bonchev–Trinajstić information content (AvgIpc) is 2.65. The number of benzene rings is 1. The predicted molar refractivity (Wildman–Crippen MR) is 96.9 cm³/mol. The van der Waals surface area contributed by atoms with Gasteiger partial charge in [-0.25, -0.2) is 9.18 Å². The molecule has 0 atom stereocenters. The van der Waals surface area contributed by atoms with Crippen LogP contribution in [0.5, 0.6) is 0 Å². The van der Waals surface area contributed by atoms with Gasteiger partial charge in [-0.15, -0.1) is 0 Å². The fourth-order valence-electron chi connectivity index (χ4n) is 3.19. The highest BCUT2D eigenvalue weighted by atomic mass is 19.1. The molecule has 7 nitrogen and oxygen atoms in total. The number of carbonyl (C=O) groups excluding carboxylic acids is 1. The van der Waals surface area contributed by atoms with Crippen molar-refractivity contribution in [2.45, 2.75) is 12.8 Å². The van der Waals surface area contributed by atoms with Gasteiger partial charge in [0.25, 0.3) is 5.56 Å². The summed E-state index contributed by atoms with van der Waals surface area (Å²) in [6.45, 7) is 1.08. The van der Waals surface area contributed by atoms with Crippen molar-refractivity contribution in [1.82, 2.24) is 9.13 Å². The second kappa shape index (κ2) is 7.15. The maximum Gasteiger partial charge on any atom is 0.332 e. The first kappa shape index (κ1) is 17.9. The van der Waals surface area contributed by atoms with Gasteiger partial charge in [0.2, 0.25) is 5.91 Å². The molecule has 0 unspecified atom stereocenters. The van der Waals surface area contributed by atoms with E-state index in [9.17, 15) is 18.8 Å². The van der Waals surface area contributed by atoms with Crippen LogP contribution >= 0.6 is 0 Å². The smallest absolute Gasteiger partial charge is 0.332 e. The predicted octanol–water partition coefficient (Wildman–Crippen LogP) is 1.08. The van der Waals surface area contributed by atoms with E-state index in [-0.39, 0.29) is 28.8 Å². The zero-order valence-electron chi connectivity index (χ0n) is 14.7. The largest absolute Gasteiger partial charge is 0.358 e. The van der Waals surface area contributed by atoms with Crippen molar-refractivity contribution in [2.24, 2.45) is 20.0 Å². The summed E-state index contributed by atoms with van der Waals surface area (Å²) in [7, 11) is 3.06. The lowest BCUT2D eigenvalue weighted by Gasteiger charge is -2.33. The van der Waals surface area contributed by atoms with E-state index in [4.69, 9.17) is 0 Å². The minimum absolute atomic E-state index is 0.175. The monoisotopic (exact) mass is 360 g/mol. The number of piperidine rings is 1. The van der Waals surface area contributed by atoms with E-state index >= 15 is 0 Å². The van der Waals surface area contributed by atoms with Crippen molar-refractivity contribution >= 4 is 17.4 Å². The second-order valence-corrected chi connectivity index (χ2v) is 6.47. The van der Waals surface area contributed by atoms with Gasteiger partial charge in [0.05, 0.1) is 5.69 Å². The lowest BCUT2D eigenvalue weighted by Crippen LogP contribution is -2.44. The fraction of sp³-hybridized carbons (Fsp3) is 0.389. The normalized spacial score (nSPS) is 15.1. The van der Waals surface area contributed by atoms with Gasteiger partial charge in [0.15, 0.2) is 0 Å². The third-order valence-electron chi connectivity index (χ3n) is 4.82. The van der Waals surface area contributed by atoms with Crippen molar-refractivity contribution in [3.05, 3.63) is 57.0 Å².